The number of nitrogens with zero attached hydrogens (tertiary/aromatic N) is 3. The van der Waals surface area contributed by atoms with Gasteiger partial charge in [0.05, 0.1) is 22.2 Å². The second-order valence-corrected chi connectivity index (χ2v) is 7.46. The summed E-state index contributed by atoms with van der Waals surface area (Å²) < 4.78 is 2.19. The van der Waals surface area contributed by atoms with Crippen LogP contribution in [0.4, 0.5) is 0 Å². The van der Waals surface area contributed by atoms with Gasteiger partial charge in [-0.05, 0) is 43.7 Å². The van der Waals surface area contributed by atoms with Crippen LogP contribution in [0.15, 0.2) is 48.5 Å². The fraction of sp³-hybridized carbons (Fsp3) is 0.318. The van der Waals surface area contributed by atoms with Gasteiger partial charge in [0.25, 0.3) is 11.8 Å². The fourth-order valence-electron chi connectivity index (χ4n) is 4.36. The number of aromatic nitrogens is 2. The van der Waals surface area contributed by atoms with Crippen LogP contribution in [-0.2, 0) is 6.54 Å². The van der Waals surface area contributed by atoms with E-state index >= 15 is 0 Å². The number of imide groups is 1. The molecule has 1 aromatic heterocycles. The van der Waals surface area contributed by atoms with E-state index in [9.17, 15) is 9.59 Å². The van der Waals surface area contributed by atoms with Gasteiger partial charge < -0.3 is 9.88 Å². The largest absolute Gasteiger partial charge is 0.326 e. The minimum absolute atomic E-state index is 0.203. The third-order valence-electron chi connectivity index (χ3n) is 5.77. The number of carbonyl (C=O) groups excluding carboxylic acids is 2. The van der Waals surface area contributed by atoms with E-state index < -0.39 is 0 Å². The Kier molecular flexibility index (Phi) is 4.20. The Bertz CT molecular complexity index is 1030. The molecule has 0 saturated carbocycles. The average molecular weight is 374 g/mol. The lowest BCUT2D eigenvalue weighted by atomic mass is 9.99. The van der Waals surface area contributed by atoms with Gasteiger partial charge in [-0.25, -0.2) is 4.98 Å². The van der Waals surface area contributed by atoms with E-state index in [-0.39, 0.29) is 11.8 Å². The van der Waals surface area contributed by atoms with Crippen molar-refractivity contribution in [2.45, 2.75) is 25.3 Å². The summed E-state index contributed by atoms with van der Waals surface area (Å²) in [5.74, 6) is 0.991. The van der Waals surface area contributed by atoms with Crippen LogP contribution in [0.5, 0.6) is 0 Å². The molecule has 6 heteroatoms. The third kappa shape index (κ3) is 2.72. The first-order valence-electron chi connectivity index (χ1n) is 9.85. The minimum atomic E-state index is -0.203. The van der Waals surface area contributed by atoms with E-state index in [1.165, 1.54) is 4.90 Å². The number of imidazole rings is 1. The molecule has 1 N–H and O–H groups in total. The van der Waals surface area contributed by atoms with Gasteiger partial charge in [-0.2, -0.15) is 0 Å². The summed E-state index contributed by atoms with van der Waals surface area (Å²) in [6.07, 6.45) is 2.23. The Balaban J connectivity index is 1.45. The van der Waals surface area contributed by atoms with Gasteiger partial charge in [0.1, 0.15) is 5.82 Å². The van der Waals surface area contributed by atoms with E-state index in [4.69, 9.17) is 4.98 Å². The monoisotopic (exact) mass is 374 g/mol. The van der Waals surface area contributed by atoms with Crippen LogP contribution in [0.25, 0.3) is 11.0 Å². The number of carbonyl (C=O) groups is 2. The Hall–Kier alpha value is -2.99. The maximum Gasteiger partial charge on any atom is 0.261 e. The van der Waals surface area contributed by atoms with Crippen molar-refractivity contribution in [3.8, 4) is 0 Å². The molecule has 3 heterocycles. The van der Waals surface area contributed by atoms with Crippen LogP contribution >= 0.6 is 0 Å². The summed E-state index contributed by atoms with van der Waals surface area (Å²) in [6, 6.07) is 15.1. The van der Waals surface area contributed by atoms with Crippen molar-refractivity contribution in [1.82, 2.24) is 19.8 Å². The van der Waals surface area contributed by atoms with Crippen LogP contribution < -0.4 is 5.32 Å². The molecular formula is C22H22N4O2. The van der Waals surface area contributed by atoms with Gasteiger partial charge >= 0.3 is 0 Å². The normalized spacial score (nSPS) is 19.4. The zero-order chi connectivity index (χ0) is 19.1. The molecule has 2 aliphatic rings. The number of para-hydroxylation sites is 2. The lowest BCUT2D eigenvalue weighted by Gasteiger charge is -2.24. The molecule has 0 radical (unpaired) electrons. The highest BCUT2D eigenvalue weighted by Crippen LogP contribution is 2.28. The number of rotatable bonds is 4. The molecule has 2 aliphatic heterocycles. The topological polar surface area (TPSA) is 67.2 Å². The number of amides is 2. The van der Waals surface area contributed by atoms with Crippen molar-refractivity contribution in [2.24, 2.45) is 0 Å². The number of hydrogen-bond donors (Lipinski definition) is 1. The number of nitrogens with one attached hydrogen (secondary N) is 1. The molecular weight excluding hydrogens is 352 g/mol. The maximum atomic E-state index is 12.7. The molecule has 0 spiro atoms. The lowest BCUT2D eigenvalue weighted by molar-refractivity contribution is 0.0649. The first-order chi connectivity index (χ1) is 13.7. The van der Waals surface area contributed by atoms with Crippen molar-refractivity contribution >= 4 is 22.8 Å². The van der Waals surface area contributed by atoms with Gasteiger partial charge in [0.2, 0.25) is 0 Å². The van der Waals surface area contributed by atoms with Crippen molar-refractivity contribution in [2.75, 3.05) is 19.6 Å². The predicted octanol–water partition coefficient (Wildman–Crippen LogP) is 2.80. The average Bonchev–Trinajstić information content (AvgIpc) is 3.23. The highest BCUT2D eigenvalue weighted by Gasteiger charge is 2.35. The second-order valence-electron chi connectivity index (χ2n) is 7.46. The lowest BCUT2D eigenvalue weighted by Crippen LogP contribution is -2.34. The highest BCUT2D eigenvalue weighted by atomic mass is 16.2. The van der Waals surface area contributed by atoms with Crippen molar-refractivity contribution in [1.29, 1.82) is 0 Å². The van der Waals surface area contributed by atoms with Crippen LogP contribution in [0.2, 0.25) is 0 Å². The molecule has 3 aromatic rings. The quantitative estimate of drug-likeness (QED) is 0.713. The standard InChI is InChI=1S/C22H22N4O2/c27-21-16-7-1-2-8-17(16)22(28)26(21)13-12-25-19-10-4-3-9-18(19)24-20(25)15-6-5-11-23-14-15/h1-4,7-10,15,23H,5-6,11-14H2. The zero-order valence-corrected chi connectivity index (χ0v) is 15.6. The summed E-state index contributed by atoms with van der Waals surface area (Å²) in [6.45, 7) is 2.86. The smallest absolute Gasteiger partial charge is 0.261 e. The van der Waals surface area contributed by atoms with Crippen LogP contribution in [0.1, 0.15) is 45.3 Å². The summed E-state index contributed by atoms with van der Waals surface area (Å²) in [5, 5.41) is 3.46. The van der Waals surface area contributed by atoms with Crippen molar-refractivity contribution < 1.29 is 9.59 Å². The van der Waals surface area contributed by atoms with E-state index in [0.717, 1.165) is 42.8 Å². The molecule has 6 nitrogen and oxygen atoms in total. The molecule has 5 rings (SSSR count). The molecule has 1 atom stereocenters. The molecule has 2 aromatic carbocycles. The van der Waals surface area contributed by atoms with Gasteiger partial charge in [-0.3, -0.25) is 14.5 Å². The van der Waals surface area contributed by atoms with E-state index in [0.29, 0.717) is 30.1 Å². The van der Waals surface area contributed by atoms with Crippen LogP contribution in [0.3, 0.4) is 0 Å². The molecule has 1 saturated heterocycles. The molecule has 0 bridgehead atoms. The third-order valence-corrected chi connectivity index (χ3v) is 5.77. The molecule has 1 unspecified atom stereocenters. The minimum Gasteiger partial charge on any atom is -0.326 e. The molecule has 2 amide bonds. The van der Waals surface area contributed by atoms with Crippen molar-refractivity contribution in [3.05, 3.63) is 65.5 Å². The van der Waals surface area contributed by atoms with Crippen LogP contribution in [0, 0.1) is 0 Å². The number of fused-ring (bicyclic) bond motifs is 2. The fourth-order valence-corrected chi connectivity index (χ4v) is 4.36. The summed E-state index contributed by atoms with van der Waals surface area (Å²) in [5.41, 5.74) is 3.02. The Morgan fingerprint density at radius 2 is 1.68 bits per heavy atom. The maximum absolute atomic E-state index is 12.7. The number of piperidine rings is 1. The molecule has 0 aliphatic carbocycles. The van der Waals surface area contributed by atoms with E-state index in [1.54, 1.807) is 24.3 Å². The van der Waals surface area contributed by atoms with E-state index in [2.05, 4.69) is 16.0 Å². The molecule has 1 fully saturated rings. The molecule has 28 heavy (non-hydrogen) atoms. The Labute approximate surface area is 163 Å². The number of hydrogen-bond acceptors (Lipinski definition) is 4. The summed E-state index contributed by atoms with van der Waals surface area (Å²) in [4.78, 5) is 31.6. The van der Waals surface area contributed by atoms with Gasteiger partial charge in [0.15, 0.2) is 0 Å². The van der Waals surface area contributed by atoms with Crippen molar-refractivity contribution in [3.63, 3.8) is 0 Å². The Morgan fingerprint density at radius 1 is 0.964 bits per heavy atom. The van der Waals surface area contributed by atoms with Gasteiger partial charge in [-0.15, -0.1) is 0 Å². The van der Waals surface area contributed by atoms with E-state index in [1.807, 2.05) is 18.2 Å². The van der Waals surface area contributed by atoms with Gasteiger partial charge in [-0.1, -0.05) is 24.3 Å². The predicted molar refractivity (Wildman–Crippen MR) is 106 cm³/mol. The molecule has 142 valence electrons. The van der Waals surface area contributed by atoms with Gasteiger partial charge in [0, 0.05) is 25.6 Å². The second kappa shape index (κ2) is 6.87. The summed E-state index contributed by atoms with van der Waals surface area (Å²) >= 11 is 0. The highest BCUT2D eigenvalue weighted by molar-refractivity contribution is 6.21. The number of benzene rings is 2. The zero-order valence-electron chi connectivity index (χ0n) is 15.6. The SMILES string of the molecule is O=C1c2ccccc2C(=O)N1CCn1c(C2CCCNC2)nc2ccccc21. The summed E-state index contributed by atoms with van der Waals surface area (Å²) in [7, 11) is 0. The Morgan fingerprint density at radius 3 is 2.39 bits per heavy atom. The van der Waals surface area contributed by atoms with Crippen LogP contribution in [-0.4, -0.2) is 45.9 Å². The first kappa shape index (κ1) is 17.1. The first-order valence-corrected chi connectivity index (χ1v) is 9.85.